The third-order valence-electron chi connectivity index (χ3n) is 3.85. The fourth-order valence-corrected chi connectivity index (χ4v) is 2.73. The molecule has 1 aliphatic carbocycles. The molecule has 1 aromatic carbocycles. The summed E-state index contributed by atoms with van der Waals surface area (Å²) >= 11 is 0. The summed E-state index contributed by atoms with van der Waals surface area (Å²) in [6.07, 6.45) is 6.84. The van der Waals surface area contributed by atoms with Gasteiger partial charge in [0.25, 0.3) is 0 Å². The van der Waals surface area contributed by atoms with Gasteiger partial charge in [-0.3, -0.25) is 0 Å². The highest BCUT2D eigenvalue weighted by Gasteiger charge is 2.23. The lowest BCUT2D eigenvalue weighted by Gasteiger charge is -2.20. The zero-order valence-electron chi connectivity index (χ0n) is 12.1. The summed E-state index contributed by atoms with van der Waals surface area (Å²) < 4.78 is 0. The van der Waals surface area contributed by atoms with Crippen LogP contribution in [-0.2, 0) is 0 Å². The first-order valence-electron chi connectivity index (χ1n) is 7.50. The zero-order chi connectivity index (χ0) is 13.0. The second-order valence-corrected chi connectivity index (χ2v) is 5.95. The number of benzene rings is 1. The van der Waals surface area contributed by atoms with E-state index in [1.807, 2.05) is 0 Å². The normalized spacial score (nSPS) is 16.8. The molecule has 0 amide bonds. The third-order valence-corrected chi connectivity index (χ3v) is 3.85. The molecular weight excluding hydrogens is 218 g/mol. The van der Waals surface area contributed by atoms with Crippen LogP contribution >= 0.6 is 0 Å². The van der Waals surface area contributed by atoms with Crippen molar-refractivity contribution < 1.29 is 0 Å². The van der Waals surface area contributed by atoms with Crippen LogP contribution < -0.4 is 5.32 Å². The molecule has 0 aromatic heterocycles. The molecule has 100 valence electrons. The van der Waals surface area contributed by atoms with Crippen molar-refractivity contribution in [1.82, 2.24) is 5.32 Å². The van der Waals surface area contributed by atoms with E-state index in [1.54, 1.807) is 0 Å². The number of nitrogens with one attached hydrogen (secondary N) is 1. The van der Waals surface area contributed by atoms with E-state index in [9.17, 15) is 0 Å². The molecule has 1 heteroatoms. The molecule has 1 atom stereocenters. The Morgan fingerprint density at radius 2 is 1.83 bits per heavy atom. The van der Waals surface area contributed by atoms with Crippen LogP contribution in [0.25, 0.3) is 0 Å². The van der Waals surface area contributed by atoms with Crippen molar-refractivity contribution in [3.05, 3.63) is 34.9 Å². The average molecular weight is 245 g/mol. The number of hydrogen-bond donors (Lipinski definition) is 1. The highest BCUT2D eigenvalue weighted by atomic mass is 14.9. The second kappa shape index (κ2) is 6.38. The molecule has 1 N–H and O–H groups in total. The smallest absolute Gasteiger partial charge is 0.0320 e. The van der Waals surface area contributed by atoms with Crippen LogP contribution in [0.2, 0.25) is 0 Å². The fourth-order valence-electron chi connectivity index (χ4n) is 2.73. The second-order valence-electron chi connectivity index (χ2n) is 5.95. The molecule has 0 heterocycles. The molecule has 1 fully saturated rings. The van der Waals surface area contributed by atoms with Crippen molar-refractivity contribution >= 4 is 0 Å². The minimum atomic E-state index is 0.559. The third kappa shape index (κ3) is 4.13. The van der Waals surface area contributed by atoms with Crippen molar-refractivity contribution in [2.24, 2.45) is 5.92 Å². The van der Waals surface area contributed by atoms with Crippen LogP contribution in [0, 0.1) is 19.8 Å². The van der Waals surface area contributed by atoms with Crippen LogP contribution in [0.3, 0.4) is 0 Å². The predicted molar refractivity (Wildman–Crippen MR) is 78.9 cm³/mol. The van der Waals surface area contributed by atoms with Crippen LogP contribution in [0.1, 0.15) is 61.8 Å². The van der Waals surface area contributed by atoms with E-state index in [4.69, 9.17) is 0 Å². The van der Waals surface area contributed by atoms with Crippen molar-refractivity contribution in [1.29, 1.82) is 0 Å². The summed E-state index contributed by atoms with van der Waals surface area (Å²) in [5.41, 5.74) is 4.26. The lowest BCUT2D eigenvalue weighted by molar-refractivity contribution is 0.469. The molecule has 1 aromatic rings. The molecule has 0 spiro atoms. The SMILES string of the molecule is CCCNC(CCC1CC1)c1cc(C)cc(C)c1. The fraction of sp³-hybridized carbons (Fsp3) is 0.647. The molecule has 2 rings (SSSR count). The summed E-state index contributed by atoms with van der Waals surface area (Å²) in [5, 5.41) is 3.72. The van der Waals surface area contributed by atoms with Gasteiger partial charge in [-0.2, -0.15) is 0 Å². The standard InChI is InChI=1S/C17H27N/c1-4-9-18-17(8-7-15-5-6-15)16-11-13(2)10-14(3)12-16/h10-12,15,17-18H,4-9H2,1-3H3. The highest BCUT2D eigenvalue weighted by Crippen LogP contribution is 2.36. The zero-order valence-corrected chi connectivity index (χ0v) is 12.1. The van der Waals surface area contributed by atoms with E-state index in [0.717, 1.165) is 12.5 Å². The van der Waals surface area contributed by atoms with E-state index in [2.05, 4.69) is 44.3 Å². The first-order valence-corrected chi connectivity index (χ1v) is 7.50. The van der Waals surface area contributed by atoms with Gasteiger partial charge < -0.3 is 5.32 Å². The van der Waals surface area contributed by atoms with Gasteiger partial charge in [-0.05, 0) is 51.1 Å². The maximum Gasteiger partial charge on any atom is 0.0320 e. The van der Waals surface area contributed by atoms with E-state index in [-0.39, 0.29) is 0 Å². The van der Waals surface area contributed by atoms with Crippen molar-refractivity contribution in [2.75, 3.05) is 6.54 Å². The Balaban J connectivity index is 2.03. The molecule has 18 heavy (non-hydrogen) atoms. The summed E-state index contributed by atoms with van der Waals surface area (Å²) in [5.74, 6) is 1.03. The Hall–Kier alpha value is -0.820. The van der Waals surface area contributed by atoms with Gasteiger partial charge in [0.2, 0.25) is 0 Å². The average Bonchev–Trinajstić information content (AvgIpc) is 3.11. The summed E-state index contributed by atoms with van der Waals surface area (Å²) in [4.78, 5) is 0. The number of rotatable bonds is 7. The number of aryl methyl sites for hydroxylation is 2. The molecule has 1 unspecified atom stereocenters. The lowest BCUT2D eigenvalue weighted by Crippen LogP contribution is -2.22. The number of hydrogen-bond acceptors (Lipinski definition) is 1. The van der Waals surface area contributed by atoms with Crippen molar-refractivity contribution in [3.8, 4) is 0 Å². The first-order chi connectivity index (χ1) is 8.69. The maximum absolute atomic E-state index is 3.72. The van der Waals surface area contributed by atoms with Crippen LogP contribution in [-0.4, -0.2) is 6.54 Å². The molecule has 1 saturated carbocycles. The van der Waals surface area contributed by atoms with E-state index in [1.165, 1.54) is 48.8 Å². The minimum Gasteiger partial charge on any atom is -0.310 e. The lowest BCUT2D eigenvalue weighted by atomic mass is 9.97. The summed E-state index contributed by atoms with van der Waals surface area (Å²) in [7, 11) is 0. The van der Waals surface area contributed by atoms with Gasteiger partial charge in [-0.1, -0.05) is 49.1 Å². The maximum atomic E-state index is 3.72. The highest BCUT2D eigenvalue weighted by molar-refractivity contribution is 5.30. The predicted octanol–water partition coefficient (Wildman–Crippen LogP) is 4.53. The van der Waals surface area contributed by atoms with Gasteiger partial charge in [0.15, 0.2) is 0 Å². The van der Waals surface area contributed by atoms with Gasteiger partial charge >= 0.3 is 0 Å². The Morgan fingerprint density at radius 1 is 1.17 bits per heavy atom. The topological polar surface area (TPSA) is 12.0 Å². The largest absolute Gasteiger partial charge is 0.310 e. The van der Waals surface area contributed by atoms with Crippen LogP contribution in [0.4, 0.5) is 0 Å². The summed E-state index contributed by atoms with van der Waals surface area (Å²) in [6, 6.07) is 7.53. The Morgan fingerprint density at radius 3 is 2.39 bits per heavy atom. The quantitative estimate of drug-likeness (QED) is 0.744. The molecule has 1 aliphatic rings. The van der Waals surface area contributed by atoms with Gasteiger partial charge in [0.05, 0.1) is 0 Å². The molecule has 0 radical (unpaired) electrons. The molecule has 0 saturated heterocycles. The van der Waals surface area contributed by atoms with Crippen molar-refractivity contribution in [2.45, 2.75) is 58.9 Å². The van der Waals surface area contributed by atoms with Crippen LogP contribution in [0.5, 0.6) is 0 Å². The van der Waals surface area contributed by atoms with E-state index < -0.39 is 0 Å². The molecular formula is C17H27N. The Labute approximate surface area is 112 Å². The van der Waals surface area contributed by atoms with E-state index >= 15 is 0 Å². The van der Waals surface area contributed by atoms with Gasteiger partial charge in [-0.15, -0.1) is 0 Å². The van der Waals surface area contributed by atoms with Gasteiger partial charge in [-0.25, -0.2) is 0 Å². The minimum absolute atomic E-state index is 0.559. The Kier molecular flexibility index (Phi) is 4.82. The van der Waals surface area contributed by atoms with Gasteiger partial charge in [0.1, 0.15) is 0 Å². The summed E-state index contributed by atoms with van der Waals surface area (Å²) in [6.45, 7) is 7.78. The molecule has 1 nitrogen and oxygen atoms in total. The van der Waals surface area contributed by atoms with Crippen molar-refractivity contribution in [3.63, 3.8) is 0 Å². The Bertz CT molecular complexity index is 359. The van der Waals surface area contributed by atoms with Crippen LogP contribution in [0.15, 0.2) is 18.2 Å². The molecule has 0 aliphatic heterocycles. The molecule has 0 bridgehead atoms. The van der Waals surface area contributed by atoms with Gasteiger partial charge in [0, 0.05) is 6.04 Å². The first kappa shape index (κ1) is 13.6. The monoisotopic (exact) mass is 245 g/mol. The van der Waals surface area contributed by atoms with E-state index in [0.29, 0.717) is 6.04 Å².